The highest BCUT2D eigenvalue weighted by Gasteiger charge is 2.55. The van der Waals surface area contributed by atoms with E-state index >= 15 is 0 Å². The van der Waals surface area contributed by atoms with Crippen molar-refractivity contribution in [3.63, 3.8) is 0 Å². The lowest BCUT2D eigenvalue weighted by Crippen LogP contribution is -2.62. The highest BCUT2D eigenvalue weighted by atomic mass is 35.5. The largest absolute Gasteiger partial charge is 0.391 e. The number of fused-ring (bicyclic) bond motifs is 3. The predicted molar refractivity (Wildman–Crippen MR) is 127 cm³/mol. The molecule has 2 aromatic heterocycles. The molecule has 1 saturated heterocycles. The zero-order valence-corrected chi connectivity index (χ0v) is 20.6. The van der Waals surface area contributed by atoms with Crippen LogP contribution in [0.3, 0.4) is 0 Å². The SMILES string of the molecule is Fc1cnc(N2CC3(CC(c4nnc5n4-c4ccc(Cl)cc4CN(C4CC(C(F)(F)F)C4)C5)C3)C2)nc1. The van der Waals surface area contributed by atoms with E-state index in [1.165, 1.54) is 12.4 Å². The Hall–Kier alpha value is -2.79. The average molecular weight is 534 g/mol. The molecule has 0 unspecified atom stereocenters. The first-order valence-electron chi connectivity index (χ1n) is 12.4. The van der Waals surface area contributed by atoms with Gasteiger partial charge in [-0.05, 0) is 49.4 Å². The molecule has 4 aliphatic rings. The van der Waals surface area contributed by atoms with E-state index in [2.05, 4.69) is 34.5 Å². The second-order valence-electron chi connectivity index (χ2n) is 11.0. The first kappa shape index (κ1) is 23.3. The number of hydrogen-bond donors (Lipinski definition) is 0. The maximum atomic E-state index is 13.1. The Labute approximate surface area is 215 Å². The number of nitrogens with zero attached hydrogens (tertiary/aromatic N) is 7. The minimum Gasteiger partial charge on any atom is -0.340 e. The van der Waals surface area contributed by atoms with Crippen molar-refractivity contribution < 1.29 is 17.6 Å². The Bertz CT molecular complexity index is 1340. The topological polar surface area (TPSA) is 63.0 Å². The summed E-state index contributed by atoms with van der Waals surface area (Å²) in [4.78, 5) is 12.3. The van der Waals surface area contributed by atoms with Crippen LogP contribution in [0.15, 0.2) is 30.6 Å². The van der Waals surface area contributed by atoms with Crippen LogP contribution in [-0.4, -0.2) is 54.9 Å². The van der Waals surface area contributed by atoms with E-state index in [1.54, 1.807) is 0 Å². The van der Waals surface area contributed by atoms with Crippen molar-refractivity contribution in [2.45, 2.75) is 56.9 Å². The molecule has 7 rings (SSSR count). The fourth-order valence-corrected chi connectivity index (χ4v) is 6.72. The number of alkyl halides is 3. The van der Waals surface area contributed by atoms with Crippen LogP contribution >= 0.6 is 11.6 Å². The number of hydrogen-bond acceptors (Lipinski definition) is 6. The minimum atomic E-state index is -4.14. The summed E-state index contributed by atoms with van der Waals surface area (Å²) < 4.78 is 54.7. The molecule has 1 spiro atoms. The lowest BCUT2D eigenvalue weighted by Gasteiger charge is -2.58. The normalized spacial score (nSPS) is 25.1. The second kappa shape index (κ2) is 8.10. The summed E-state index contributed by atoms with van der Waals surface area (Å²) >= 11 is 6.32. The maximum Gasteiger partial charge on any atom is 0.391 e. The van der Waals surface area contributed by atoms with Gasteiger partial charge in [0.2, 0.25) is 5.95 Å². The zero-order valence-electron chi connectivity index (χ0n) is 19.8. The lowest BCUT2D eigenvalue weighted by atomic mass is 9.57. The lowest BCUT2D eigenvalue weighted by molar-refractivity contribution is -0.207. The molecular weight excluding hydrogens is 510 g/mol. The van der Waals surface area contributed by atoms with E-state index in [4.69, 9.17) is 11.6 Å². The molecule has 0 radical (unpaired) electrons. The van der Waals surface area contributed by atoms with Crippen LogP contribution in [0.2, 0.25) is 5.02 Å². The Morgan fingerprint density at radius 1 is 1.00 bits per heavy atom. The van der Waals surface area contributed by atoms with Gasteiger partial charge in [0.05, 0.1) is 30.5 Å². The quantitative estimate of drug-likeness (QED) is 0.447. The fraction of sp³-hybridized carbons (Fsp3) is 0.520. The maximum absolute atomic E-state index is 13.1. The molecule has 4 heterocycles. The van der Waals surface area contributed by atoms with Gasteiger partial charge in [-0.15, -0.1) is 10.2 Å². The van der Waals surface area contributed by atoms with Crippen molar-refractivity contribution in [1.82, 2.24) is 29.6 Å². The van der Waals surface area contributed by atoms with Crippen LogP contribution in [0.1, 0.15) is 48.8 Å². The molecule has 2 saturated carbocycles. The highest BCUT2D eigenvalue weighted by Crippen LogP contribution is 2.56. The molecule has 0 bridgehead atoms. The van der Waals surface area contributed by atoms with Crippen LogP contribution in [0.4, 0.5) is 23.5 Å². The third kappa shape index (κ3) is 3.89. The highest BCUT2D eigenvalue weighted by molar-refractivity contribution is 6.30. The molecule has 12 heteroatoms. The molecule has 3 aromatic rings. The van der Waals surface area contributed by atoms with Gasteiger partial charge in [0, 0.05) is 42.0 Å². The van der Waals surface area contributed by atoms with Crippen molar-refractivity contribution in [2.75, 3.05) is 18.0 Å². The van der Waals surface area contributed by atoms with Gasteiger partial charge in [-0.3, -0.25) is 9.47 Å². The minimum absolute atomic E-state index is 0.111. The van der Waals surface area contributed by atoms with Crippen LogP contribution in [0.5, 0.6) is 0 Å². The zero-order chi connectivity index (χ0) is 25.5. The summed E-state index contributed by atoms with van der Waals surface area (Å²) in [5.41, 5.74) is 2.08. The standard InChI is InChI=1S/C25H24ClF4N7/c26-17-1-2-20-14(3-17)10-35(19-4-16(5-19)25(28,29)30)11-21-33-34-22(37(20)21)15-6-24(7-15)12-36(13-24)23-31-8-18(27)9-32-23/h1-3,8-9,15-16,19H,4-7,10-13H2. The molecule has 0 amide bonds. The first-order chi connectivity index (χ1) is 17.7. The van der Waals surface area contributed by atoms with Gasteiger partial charge < -0.3 is 4.90 Å². The van der Waals surface area contributed by atoms with Crippen molar-refractivity contribution in [2.24, 2.45) is 11.3 Å². The van der Waals surface area contributed by atoms with Gasteiger partial charge >= 0.3 is 6.18 Å². The van der Waals surface area contributed by atoms with E-state index in [0.717, 1.165) is 48.8 Å². The molecule has 3 fully saturated rings. The summed E-state index contributed by atoms with van der Waals surface area (Å²) in [6.07, 6.45) is 0.345. The molecule has 7 nitrogen and oxygen atoms in total. The number of anilines is 1. The van der Waals surface area contributed by atoms with Crippen LogP contribution in [0.25, 0.3) is 5.69 Å². The van der Waals surface area contributed by atoms with Crippen LogP contribution in [-0.2, 0) is 13.1 Å². The number of halogens is 5. The Kier molecular flexibility index (Phi) is 5.11. The molecular formula is C25H24ClF4N7. The Balaban J connectivity index is 1.11. The van der Waals surface area contributed by atoms with Gasteiger partial charge in [0.25, 0.3) is 0 Å². The molecule has 0 atom stereocenters. The monoisotopic (exact) mass is 533 g/mol. The van der Waals surface area contributed by atoms with Gasteiger partial charge in [0.1, 0.15) is 5.82 Å². The molecule has 194 valence electrons. The van der Waals surface area contributed by atoms with Crippen LogP contribution < -0.4 is 4.90 Å². The van der Waals surface area contributed by atoms with E-state index < -0.39 is 17.9 Å². The van der Waals surface area contributed by atoms with E-state index in [0.29, 0.717) is 24.1 Å². The van der Waals surface area contributed by atoms with Crippen molar-refractivity contribution in [3.05, 3.63) is 58.6 Å². The predicted octanol–water partition coefficient (Wildman–Crippen LogP) is 4.89. The smallest absolute Gasteiger partial charge is 0.340 e. The summed E-state index contributed by atoms with van der Waals surface area (Å²) in [6.45, 7) is 2.60. The summed E-state index contributed by atoms with van der Waals surface area (Å²) in [5.74, 6) is 0.730. The average Bonchev–Trinajstić information content (AvgIpc) is 3.07. The first-order valence-corrected chi connectivity index (χ1v) is 12.8. The number of benzene rings is 1. The van der Waals surface area contributed by atoms with Crippen molar-refractivity contribution in [1.29, 1.82) is 0 Å². The van der Waals surface area contributed by atoms with Gasteiger partial charge in [-0.25, -0.2) is 14.4 Å². The summed E-state index contributed by atoms with van der Waals surface area (Å²) in [7, 11) is 0. The Morgan fingerprint density at radius 2 is 1.73 bits per heavy atom. The van der Waals surface area contributed by atoms with Gasteiger partial charge in [-0.1, -0.05) is 11.6 Å². The molecule has 0 N–H and O–H groups in total. The van der Waals surface area contributed by atoms with E-state index in [1.807, 2.05) is 18.2 Å². The second-order valence-corrected chi connectivity index (χ2v) is 11.5. The van der Waals surface area contributed by atoms with Crippen molar-refractivity contribution in [3.8, 4) is 5.69 Å². The Morgan fingerprint density at radius 3 is 2.43 bits per heavy atom. The molecule has 2 aliphatic heterocycles. The van der Waals surface area contributed by atoms with Gasteiger partial charge in [0.15, 0.2) is 11.6 Å². The third-order valence-corrected chi connectivity index (χ3v) is 8.75. The van der Waals surface area contributed by atoms with E-state index in [9.17, 15) is 17.6 Å². The van der Waals surface area contributed by atoms with E-state index in [-0.39, 0.29) is 30.2 Å². The van der Waals surface area contributed by atoms with Gasteiger partial charge in [-0.2, -0.15) is 13.2 Å². The molecule has 1 aromatic carbocycles. The summed E-state index contributed by atoms with van der Waals surface area (Å²) in [6, 6.07) is 5.55. The fourth-order valence-electron chi connectivity index (χ4n) is 6.53. The van der Waals surface area contributed by atoms with Crippen molar-refractivity contribution >= 4 is 17.5 Å². The molecule has 37 heavy (non-hydrogen) atoms. The van der Waals surface area contributed by atoms with Crippen LogP contribution in [0, 0.1) is 17.2 Å². The number of rotatable bonds is 3. The summed E-state index contributed by atoms with van der Waals surface area (Å²) in [5, 5.41) is 9.69. The third-order valence-electron chi connectivity index (χ3n) is 8.51. The number of aromatic nitrogens is 5. The molecule has 2 aliphatic carbocycles.